The van der Waals surface area contributed by atoms with Gasteiger partial charge in [0.2, 0.25) is 0 Å². The molecule has 0 amide bonds. The molecule has 0 fully saturated rings. The summed E-state index contributed by atoms with van der Waals surface area (Å²) in [7, 11) is 0. The molecular weight excluding hydrogens is 841 g/mol. The van der Waals surface area contributed by atoms with Gasteiger partial charge >= 0.3 is 0 Å². The zero-order valence-corrected chi connectivity index (χ0v) is 38.2. The standard InChI is InChI=1S/C65H44N2O2/c1-65(2)53-23-9-8-21-46(53)47-35-32-42(38-54(47)65)45-20-6-7-22-48(45)64-50-37-34-43(66-55-24-10-14-28-59(55)68-60-29-15-11-25-56(60)66)39-51(50)63(41-18-4-3-5-19-41)49-36-33-44(40-52(49)64)67-57-26-12-16-30-61(57)69-62-31-17-13-27-58(62)67/h3-40H,1-2H3. The van der Waals surface area contributed by atoms with E-state index in [4.69, 9.17) is 9.47 Å². The monoisotopic (exact) mass is 884 g/mol. The van der Waals surface area contributed by atoms with Crippen molar-refractivity contribution in [3.05, 3.63) is 242 Å². The second-order valence-electron chi connectivity index (χ2n) is 18.8. The molecule has 2 heterocycles. The van der Waals surface area contributed by atoms with Crippen LogP contribution in [-0.2, 0) is 5.41 Å². The van der Waals surface area contributed by atoms with E-state index in [0.29, 0.717) is 0 Å². The third kappa shape index (κ3) is 5.95. The summed E-state index contributed by atoms with van der Waals surface area (Å²) in [5.74, 6) is 3.30. The molecule has 0 spiro atoms. The quantitative estimate of drug-likeness (QED) is 0.161. The summed E-state index contributed by atoms with van der Waals surface area (Å²) in [6.07, 6.45) is 0. The van der Waals surface area contributed by atoms with E-state index in [1.807, 2.05) is 24.3 Å². The van der Waals surface area contributed by atoms with Crippen molar-refractivity contribution in [3.63, 3.8) is 0 Å². The lowest BCUT2D eigenvalue weighted by atomic mass is 9.80. The van der Waals surface area contributed by atoms with Gasteiger partial charge in [0.05, 0.1) is 22.7 Å². The van der Waals surface area contributed by atoms with Crippen LogP contribution in [0.1, 0.15) is 25.0 Å². The van der Waals surface area contributed by atoms with Crippen molar-refractivity contribution in [2.24, 2.45) is 0 Å². The number of rotatable bonds is 5. The van der Waals surface area contributed by atoms with Crippen LogP contribution in [0, 0.1) is 0 Å². The van der Waals surface area contributed by atoms with Gasteiger partial charge in [0.15, 0.2) is 23.0 Å². The van der Waals surface area contributed by atoms with Gasteiger partial charge in [-0.15, -0.1) is 0 Å². The van der Waals surface area contributed by atoms with E-state index >= 15 is 0 Å². The van der Waals surface area contributed by atoms with Gasteiger partial charge in [0.1, 0.15) is 0 Å². The Balaban J connectivity index is 1.08. The Morgan fingerprint density at radius 1 is 0.304 bits per heavy atom. The third-order valence-corrected chi connectivity index (χ3v) is 14.6. The van der Waals surface area contributed by atoms with E-state index < -0.39 is 0 Å². The first-order valence-electron chi connectivity index (χ1n) is 23.7. The minimum absolute atomic E-state index is 0.139. The molecule has 0 bridgehead atoms. The number of para-hydroxylation sites is 8. The number of ether oxygens (including phenoxy) is 2. The molecule has 11 aromatic rings. The lowest BCUT2D eigenvalue weighted by Gasteiger charge is -2.33. The smallest absolute Gasteiger partial charge is 0.151 e. The first-order valence-corrected chi connectivity index (χ1v) is 23.7. The number of hydrogen-bond donors (Lipinski definition) is 0. The largest absolute Gasteiger partial charge is 0.453 e. The molecule has 0 N–H and O–H groups in total. The number of nitrogens with zero attached hydrogens (tertiary/aromatic N) is 2. The Kier molecular flexibility index (Phi) is 8.59. The lowest BCUT2D eigenvalue weighted by Crippen LogP contribution is -2.16. The second-order valence-corrected chi connectivity index (χ2v) is 18.8. The molecule has 1 aliphatic carbocycles. The molecule has 326 valence electrons. The molecule has 0 atom stereocenters. The fourth-order valence-corrected chi connectivity index (χ4v) is 11.5. The van der Waals surface area contributed by atoms with Crippen molar-refractivity contribution in [2.75, 3.05) is 9.80 Å². The second kappa shape index (κ2) is 15.1. The number of hydrogen-bond acceptors (Lipinski definition) is 4. The van der Waals surface area contributed by atoms with Crippen LogP contribution in [0.3, 0.4) is 0 Å². The van der Waals surface area contributed by atoms with Crippen molar-refractivity contribution in [2.45, 2.75) is 19.3 Å². The Morgan fingerprint density at radius 3 is 1.30 bits per heavy atom. The molecular formula is C65H44N2O2. The third-order valence-electron chi connectivity index (χ3n) is 14.6. The predicted octanol–water partition coefficient (Wildman–Crippen LogP) is 18.5. The Bertz CT molecular complexity index is 3820. The minimum Gasteiger partial charge on any atom is -0.453 e. The topological polar surface area (TPSA) is 24.9 Å². The maximum absolute atomic E-state index is 6.53. The lowest BCUT2D eigenvalue weighted by molar-refractivity contribution is 0.477. The van der Waals surface area contributed by atoms with Gasteiger partial charge in [-0.1, -0.05) is 166 Å². The van der Waals surface area contributed by atoms with Crippen LogP contribution in [0.2, 0.25) is 0 Å². The van der Waals surface area contributed by atoms with Crippen LogP contribution >= 0.6 is 0 Å². The summed E-state index contributed by atoms with van der Waals surface area (Å²) >= 11 is 0. The van der Waals surface area contributed by atoms with E-state index in [9.17, 15) is 0 Å². The summed E-state index contributed by atoms with van der Waals surface area (Å²) in [6.45, 7) is 4.73. The number of fused-ring (bicyclic) bond motifs is 9. The molecule has 11 aromatic carbocycles. The molecule has 69 heavy (non-hydrogen) atoms. The van der Waals surface area contributed by atoms with Gasteiger partial charge in [-0.25, -0.2) is 0 Å². The SMILES string of the molecule is CC1(C)c2ccccc2-c2ccc(-c3ccccc3-c3c4ccc(N5c6ccccc6Oc6ccccc65)cc4c(-c4ccccc4)c4ccc(N5c6ccccc6Oc6ccccc65)cc34)cc21. The average Bonchev–Trinajstić information content (AvgIpc) is 3.63. The van der Waals surface area contributed by atoms with E-state index in [2.05, 4.69) is 230 Å². The van der Waals surface area contributed by atoms with Crippen LogP contribution in [0.5, 0.6) is 23.0 Å². The van der Waals surface area contributed by atoms with Crippen LogP contribution in [0.25, 0.3) is 66.1 Å². The molecule has 0 saturated carbocycles. The number of benzene rings is 11. The van der Waals surface area contributed by atoms with Gasteiger partial charge in [-0.2, -0.15) is 0 Å². The first kappa shape index (κ1) is 39.3. The summed E-state index contributed by atoms with van der Waals surface area (Å²) in [6, 6.07) is 83.4. The fourth-order valence-electron chi connectivity index (χ4n) is 11.5. The van der Waals surface area contributed by atoms with E-state index in [1.54, 1.807) is 0 Å². The summed E-state index contributed by atoms with van der Waals surface area (Å²) < 4.78 is 13.0. The predicted molar refractivity (Wildman–Crippen MR) is 285 cm³/mol. The molecule has 0 aromatic heterocycles. The minimum atomic E-state index is -0.139. The summed E-state index contributed by atoms with van der Waals surface area (Å²) in [4.78, 5) is 4.70. The van der Waals surface area contributed by atoms with E-state index in [1.165, 1.54) is 60.8 Å². The van der Waals surface area contributed by atoms with Crippen LogP contribution in [-0.4, -0.2) is 0 Å². The van der Waals surface area contributed by atoms with Gasteiger partial charge in [-0.05, 0) is 156 Å². The highest BCUT2D eigenvalue weighted by molar-refractivity contribution is 6.24. The zero-order valence-electron chi connectivity index (χ0n) is 38.2. The van der Waals surface area contributed by atoms with E-state index in [0.717, 1.165) is 73.5 Å². The van der Waals surface area contributed by atoms with Crippen LogP contribution in [0.15, 0.2) is 231 Å². The highest BCUT2D eigenvalue weighted by atomic mass is 16.5. The van der Waals surface area contributed by atoms with Gasteiger partial charge in [-0.3, -0.25) is 0 Å². The highest BCUT2D eigenvalue weighted by Crippen LogP contribution is 2.56. The van der Waals surface area contributed by atoms with Crippen molar-refractivity contribution >= 4 is 55.7 Å². The maximum atomic E-state index is 6.53. The normalized spacial score (nSPS) is 13.7. The fraction of sp³-hybridized carbons (Fsp3) is 0.0462. The highest BCUT2D eigenvalue weighted by Gasteiger charge is 2.36. The van der Waals surface area contributed by atoms with E-state index in [-0.39, 0.29) is 5.41 Å². The Labute approximate surface area is 401 Å². The first-order chi connectivity index (χ1) is 34.0. The van der Waals surface area contributed by atoms with Gasteiger partial charge in [0, 0.05) is 16.8 Å². The van der Waals surface area contributed by atoms with Crippen molar-refractivity contribution in [3.8, 4) is 67.5 Å². The van der Waals surface area contributed by atoms with Crippen LogP contribution < -0.4 is 19.3 Å². The summed E-state index contributed by atoms with van der Waals surface area (Å²) in [5, 5.41) is 4.66. The Hall–Kier alpha value is -8.86. The molecule has 4 nitrogen and oxygen atoms in total. The molecule has 2 aliphatic heterocycles. The zero-order chi connectivity index (χ0) is 45.8. The van der Waals surface area contributed by atoms with Crippen molar-refractivity contribution in [1.82, 2.24) is 0 Å². The molecule has 3 aliphatic rings. The maximum Gasteiger partial charge on any atom is 0.151 e. The molecule has 0 saturated heterocycles. The van der Waals surface area contributed by atoms with Crippen molar-refractivity contribution < 1.29 is 9.47 Å². The average molecular weight is 885 g/mol. The molecule has 0 radical (unpaired) electrons. The molecule has 14 rings (SSSR count). The number of anilines is 6. The van der Waals surface area contributed by atoms with Crippen LogP contribution in [0.4, 0.5) is 34.1 Å². The van der Waals surface area contributed by atoms with Crippen molar-refractivity contribution in [1.29, 1.82) is 0 Å². The van der Waals surface area contributed by atoms with Gasteiger partial charge in [0.25, 0.3) is 0 Å². The van der Waals surface area contributed by atoms with Gasteiger partial charge < -0.3 is 19.3 Å². The molecule has 4 heteroatoms. The Morgan fingerprint density at radius 2 is 0.739 bits per heavy atom. The molecule has 0 unspecified atom stereocenters. The summed E-state index contributed by atoms with van der Waals surface area (Å²) in [5.41, 5.74) is 18.4.